The smallest absolute Gasteiger partial charge is 0.212 e. The van der Waals surface area contributed by atoms with Gasteiger partial charge in [0.25, 0.3) is 0 Å². The third-order valence-electron chi connectivity index (χ3n) is 13.9. The fourth-order valence-electron chi connectivity index (χ4n) is 10.9. The standard InChI is InChI=1S/C63H42N6/c1-6-22-41(23-7-1)51-40-52-48-34-18-19-35-53(48)67(45-30-14-5-15-31-45)59(52)60(56(51)42-24-8-2-9-25-42)68-54-36-20-16-32-46(54)49-38-39-50-47-33-17-21-37-55(47)69(58(50)57(49)68)63-65-61(43-26-10-3-11-27-43)64-62(66-63)44-28-12-4-13-29-44/h1-40,61H,(H,64,65,66). The van der Waals surface area contributed by atoms with Crippen molar-refractivity contribution in [3.8, 4) is 33.6 Å². The normalized spacial score (nSPS) is 13.9. The molecular weight excluding hydrogens is 841 g/mol. The molecule has 0 fully saturated rings. The van der Waals surface area contributed by atoms with Crippen molar-refractivity contribution >= 4 is 77.2 Å². The highest BCUT2D eigenvalue weighted by Crippen LogP contribution is 2.49. The summed E-state index contributed by atoms with van der Waals surface area (Å²) < 4.78 is 7.43. The number of amidine groups is 1. The van der Waals surface area contributed by atoms with Crippen LogP contribution in [0.1, 0.15) is 17.3 Å². The van der Waals surface area contributed by atoms with Crippen molar-refractivity contribution in [2.75, 3.05) is 0 Å². The molecule has 13 aromatic rings. The molecule has 1 unspecified atom stereocenters. The van der Waals surface area contributed by atoms with E-state index in [2.05, 4.69) is 256 Å². The molecule has 1 aliphatic heterocycles. The number of fused-ring (bicyclic) bond motifs is 10. The molecule has 0 radical (unpaired) electrons. The lowest BCUT2D eigenvalue weighted by Gasteiger charge is -2.25. The second-order valence-electron chi connectivity index (χ2n) is 17.7. The first-order valence-electron chi connectivity index (χ1n) is 23.5. The number of aliphatic imine (C=N–C) groups is 2. The Morgan fingerprint density at radius 2 is 0.826 bits per heavy atom. The quantitative estimate of drug-likeness (QED) is 0.178. The van der Waals surface area contributed by atoms with E-state index in [0.717, 1.165) is 99.4 Å². The van der Waals surface area contributed by atoms with Crippen LogP contribution in [-0.4, -0.2) is 25.5 Å². The molecule has 1 N–H and O–H groups in total. The van der Waals surface area contributed by atoms with Crippen LogP contribution in [0.25, 0.3) is 99.0 Å². The summed E-state index contributed by atoms with van der Waals surface area (Å²) in [6, 6.07) is 87.1. The second-order valence-corrected chi connectivity index (χ2v) is 17.7. The van der Waals surface area contributed by atoms with Crippen molar-refractivity contribution in [3.05, 3.63) is 254 Å². The molecule has 0 spiro atoms. The van der Waals surface area contributed by atoms with Crippen molar-refractivity contribution in [2.45, 2.75) is 6.17 Å². The maximum Gasteiger partial charge on any atom is 0.212 e. The zero-order chi connectivity index (χ0) is 45.4. The second kappa shape index (κ2) is 15.7. The minimum Gasteiger partial charge on any atom is -0.330 e. The van der Waals surface area contributed by atoms with Gasteiger partial charge in [-0.1, -0.05) is 206 Å². The average Bonchev–Trinajstić information content (AvgIpc) is 4.07. The predicted octanol–water partition coefficient (Wildman–Crippen LogP) is 15.3. The Kier molecular flexibility index (Phi) is 8.86. The summed E-state index contributed by atoms with van der Waals surface area (Å²) in [5.74, 6) is 1.38. The van der Waals surface area contributed by atoms with Crippen molar-refractivity contribution in [1.29, 1.82) is 0 Å². The van der Waals surface area contributed by atoms with Gasteiger partial charge in [0.15, 0.2) is 5.84 Å². The minimum absolute atomic E-state index is 0.386. The van der Waals surface area contributed by atoms with Crippen molar-refractivity contribution in [1.82, 2.24) is 19.0 Å². The summed E-state index contributed by atoms with van der Waals surface area (Å²) in [5, 5.41) is 10.8. The first kappa shape index (κ1) is 39.0. The van der Waals surface area contributed by atoms with E-state index < -0.39 is 0 Å². The molecule has 6 heteroatoms. The highest BCUT2D eigenvalue weighted by atomic mass is 15.3. The molecular formula is C63H42N6. The van der Waals surface area contributed by atoms with Gasteiger partial charge in [-0.05, 0) is 58.7 Å². The molecule has 1 atom stereocenters. The first-order valence-corrected chi connectivity index (χ1v) is 23.5. The summed E-state index contributed by atoms with van der Waals surface area (Å²) in [6.45, 7) is 0. The van der Waals surface area contributed by atoms with E-state index in [1.54, 1.807) is 0 Å². The van der Waals surface area contributed by atoms with Gasteiger partial charge in [-0.2, -0.15) is 4.99 Å². The van der Waals surface area contributed by atoms with Gasteiger partial charge >= 0.3 is 0 Å². The fraction of sp³-hybridized carbons (Fsp3) is 0.0159. The van der Waals surface area contributed by atoms with Crippen LogP contribution in [0.4, 0.5) is 0 Å². The number of aromatic nitrogens is 3. The van der Waals surface area contributed by atoms with Gasteiger partial charge in [0.1, 0.15) is 6.17 Å². The Labute approximate surface area is 398 Å². The Bertz CT molecular complexity index is 4180. The molecule has 10 aromatic carbocycles. The maximum atomic E-state index is 5.49. The molecule has 1 aliphatic rings. The van der Waals surface area contributed by atoms with Crippen LogP contribution in [0, 0.1) is 0 Å². The van der Waals surface area contributed by atoms with E-state index in [1.165, 1.54) is 10.8 Å². The fourth-order valence-corrected chi connectivity index (χ4v) is 10.9. The number of benzene rings is 10. The van der Waals surface area contributed by atoms with Crippen LogP contribution in [0.5, 0.6) is 0 Å². The molecule has 0 saturated carbocycles. The zero-order valence-corrected chi connectivity index (χ0v) is 37.4. The van der Waals surface area contributed by atoms with E-state index in [1.807, 2.05) is 6.07 Å². The van der Waals surface area contributed by atoms with Crippen LogP contribution in [0.15, 0.2) is 253 Å². The molecule has 69 heavy (non-hydrogen) atoms. The van der Waals surface area contributed by atoms with Gasteiger partial charge in [-0.15, -0.1) is 0 Å². The summed E-state index contributed by atoms with van der Waals surface area (Å²) in [4.78, 5) is 10.8. The Morgan fingerprint density at radius 1 is 0.362 bits per heavy atom. The molecule has 0 aliphatic carbocycles. The summed E-state index contributed by atoms with van der Waals surface area (Å²) in [5.41, 5.74) is 15.4. The van der Waals surface area contributed by atoms with Gasteiger partial charge in [0.2, 0.25) is 5.96 Å². The lowest BCUT2D eigenvalue weighted by Crippen LogP contribution is -2.37. The number of rotatable bonds is 6. The van der Waals surface area contributed by atoms with E-state index in [0.29, 0.717) is 11.8 Å². The van der Waals surface area contributed by atoms with Gasteiger partial charge < -0.3 is 14.5 Å². The van der Waals surface area contributed by atoms with Crippen LogP contribution in [0.2, 0.25) is 0 Å². The van der Waals surface area contributed by atoms with Gasteiger partial charge in [0, 0.05) is 49.1 Å². The van der Waals surface area contributed by atoms with E-state index >= 15 is 0 Å². The minimum atomic E-state index is -0.386. The molecule has 6 nitrogen and oxygen atoms in total. The summed E-state index contributed by atoms with van der Waals surface area (Å²) in [7, 11) is 0. The van der Waals surface area contributed by atoms with Gasteiger partial charge in [0.05, 0.1) is 38.8 Å². The SMILES string of the molecule is c1ccc(C2=NC(c3ccccc3)NC(n3c4ccccc4c4ccc5c6ccccc6n(-c6c(-c7ccccc7)c(-c7ccccc7)cc7c8ccccc8n(-c8ccccc8)c67)c5c43)=N2)cc1. The summed E-state index contributed by atoms with van der Waals surface area (Å²) in [6.07, 6.45) is -0.386. The molecule has 324 valence electrons. The summed E-state index contributed by atoms with van der Waals surface area (Å²) >= 11 is 0. The number of nitrogens with one attached hydrogen (secondary N) is 1. The predicted molar refractivity (Wildman–Crippen MR) is 287 cm³/mol. The number of para-hydroxylation sites is 4. The Hall–Kier alpha value is -9.26. The van der Waals surface area contributed by atoms with Crippen molar-refractivity contribution < 1.29 is 0 Å². The Morgan fingerprint density at radius 3 is 1.43 bits per heavy atom. The van der Waals surface area contributed by atoms with E-state index in [9.17, 15) is 0 Å². The van der Waals surface area contributed by atoms with Crippen molar-refractivity contribution in [3.63, 3.8) is 0 Å². The average molecular weight is 883 g/mol. The van der Waals surface area contributed by atoms with Crippen LogP contribution in [0.3, 0.4) is 0 Å². The molecule has 0 amide bonds. The molecule has 0 saturated heterocycles. The van der Waals surface area contributed by atoms with E-state index in [-0.39, 0.29) is 6.17 Å². The first-order chi connectivity index (χ1) is 34.3. The van der Waals surface area contributed by atoms with Gasteiger partial charge in [-0.25, -0.2) is 4.99 Å². The molecule has 14 rings (SSSR count). The van der Waals surface area contributed by atoms with E-state index in [4.69, 9.17) is 9.98 Å². The lowest BCUT2D eigenvalue weighted by molar-refractivity contribution is 0.661. The van der Waals surface area contributed by atoms with Crippen LogP contribution in [-0.2, 0) is 0 Å². The maximum absolute atomic E-state index is 5.49. The molecule has 4 heterocycles. The number of hydrogen-bond acceptors (Lipinski definition) is 3. The third kappa shape index (κ3) is 6.05. The van der Waals surface area contributed by atoms with Crippen LogP contribution < -0.4 is 5.32 Å². The van der Waals surface area contributed by atoms with Gasteiger partial charge in [-0.3, -0.25) is 4.57 Å². The zero-order valence-electron chi connectivity index (χ0n) is 37.4. The monoisotopic (exact) mass is 882 g/mol. The van der Waals surface area contributed by atoms with Crippen LogP contribution >= 0.6 is 0 Å². The molecule has 0 bridgehead atoms. The number of hydrogen-bond donors (Lipinski definition) is 1. The number of nitrogens with zero attached hydrogens (tertiary/aromatic N) is 5. The third-order valence-corrected chi connectivity index (χ3v) is 13.9. The highest BCUT2D eigenvalue weighted by Gasteiger charge is 2.30. The highest BCUT2D eigenvalue weighted by molar-refractivity contribution is 6.28. The largest absolute Gasteiger partial charge is 0.330 e. The molecule has 3 aromatic heterocycles. The topological polar surface area (TPSA) is 51.5 Å². The Balaban J connectivity index is 1.21. The van der Waals surface area contributed by atoms with Crippen molar-refractivity contribution in [2.24, 2.45) is 9.98 Å². The lowest BCUT2D eigenvalue weighted by atomic mass is 9.90.